The van der Waals surface area contributed by atoms with E-state index in [2.05, 4.69) is 29.2 Å². The summed E-state index contributed by atoms with van der Waals surface area (Å²) < 4.78 is 6.51. The molecule has 0 saturated carbocycles. The first kappa shape index (κ1) is 19.0. The molecule has 0 spiro atoms. The van der Waals surface area contributed by atoms with E-state index in [4.69, 9.17) is 4.74 Å². The van der Waals surface area contributed by atoms with E-state index < -0.39 is 11.8 Å². The highest BCUT2D eigenvalue weighted by molar-refractivity contribution is 7.22. The summed E-state index contributed by atoms with van der Waals surface area (Å²) in [6.45, 7) is 2.52. The van der Waals surface area contributed by atoms with Gasteiger partial charge in [-0.3, -0.25) is 9.59 Å². The van der Waals surface area contributed by atoms with Crippen LogP contribution in [0.3, 0.4) is 0 Å². The molecule has 5 nitrogen and oxygen atoms in total. The van der Waals surface area contributed by atoms with Crippen LogP contribution in [0.5, 0.6) is 5.75 Å². The maximum absolute atomic E-state index is 13.9. The molecule has 1 aliphatic heterocycles. The number of amides is 2. The molecule has 3 aromatic carbocycles. The molecule has 1 fully saturated rings. The van der Waals surface area contributed by atoms with Crippen LogP contribution < -0.4 is 9.64 Å². The standard InChI is InChI=1S/C27H20N2O3S/c1-2-32-14-11-12-19-20(13-14)33-27(28-19)29-25(30)23-21-15-7-3-4-8-16(15)22(24(23)26(29)31)18-10-6-5-9-17(18)21/h3-13,21-24H,2H2,1H3/t21?,22?,23-,24-/m0/s1. The van der Waals surface area contributed by atoms with Crippen LogP contribution in [0.4, 0.5) is 5.13 Å². The summed E-state index contributed by atoms with van der Waals surface area (Å²) in [6, 6.07) is 22.3. The molecule has 6 heteroatoms. The third-order valence-corrected chi connectivity index (χ3v) is 8.30. The van der Waals surface area contributed by atoms with Gasteiger partial charge in [-0.05, 0) is 47.4 Å². The predicted molar refractivity (Wildman–Crippen MR) is 127 cm³/mol. The summed E-state index contributed by atoms with van der Waals surface area (Å²) in [6.07, 6.45) is 0. The Morgan fingerprint density at radius 1 is 0.848 bits per heavy atom. The highest BCUT2D eigenvalue weighted by atomic mass is 32.1. The molecule has 2 amide bonds. The van der Waals surface area contributed by atoms with Crippen molar-refractivity contribution < 1.29 is 14.3 Å². The first-order chi connectivity index (χ1) is 16.2. The average molecular weight is 453 g/mol. The third-order valence-electron chi connectivity index (χ3n) is 7.30. The van der Waals surface area contributed by atoms with E-state index >= 15 is 0 Å². The SMILES string of the molecule is CCOc1ccc2nc(N3C(=O)[C@H]4C5c6ccccc6C(c6ccccc65)[C@@H]4C3=O)sc2c1. The van der Waals surface area contributed by atoms with Crippen LogP contribution in [-0.4, -0.2) is 23.4 Å². The van der Waals surface area contributed by atoms with E-state index in [9.17, 15) is 9.59 Å². The van der Waals surface area contributed by atoms with Gasteiger partial charge in [-0.1, -0.05) is 59.9 Å². The Hall–Kier alpha value is -3.51. The van der Waals surface area contributed by atoms with Crippen LogP contribution in [0.2, 0.25) is 0 Å². The fourth-order valence-corrected chi connectivity index (χ4v) is 7.12. The smallest absolute Gasteiger partial charge is 0.240 e. The van der Waals surface area contributed by atoms with Crippen LogP contribution in [0, 0.1) is 11.8 Å². The quantitative estimate of drug-likeness (QED) is 0.406. The number of benzene rings is 3. The summed E-state index contributed by atoms with van der Waals surface area (Å²) in [7, 11) is 0. The second-order valence-corrected chi connectivity index (χ2v) is 9.84. The Labute approximate surface area is 194 Å². The van der Waals surface area contributed by atoms with Gasteiger partial charge in [-0.25, -0.2) is 9.88 Å². The van der Waals surface area contributed by atoms with Gasteiger partial charge in [0.25, 0.3) is 0 Å². The minimum absolute atomic E-state index is 0.104. The molecule has 3 aliphatic carbocycles. The number of fused-ring (bicyclic) bond motifs is 1. The van der Waals surface area contributed by atoms with E-state index in [-0.39, 0.29) is 23.7 Å². The number of rotatable bonds is 3. The maximum Gasteiger partial charge on any atom is 0.240 e. The summed E-state index contributed by atoms with van der Waals surface area (Å²) in [5.41, 5.74) is 5.47. The van der Waals surface area contributed by atoms with Crippen LogP contribution in [-0.2, 0) is 9.59 Å². The van der Waals surface area contributed by atoms with Gasteiger partial charge >= 0.3 is 0 Å². The molecule has 4 aliphatic rings. The molecule has 8 rings (SSSR count). The van der Waals surface area contributed by atoms with Gasteiger partial charge in [0.15, 0.2) is 5.13 Å². The Morgan fingerprint density at radius 2 is 1.39 bits per heavy atom. The second kappa shape index (κ2) is 6.75. The highest BCUT2D eigenvalue weighted by Gasteiger charge is 2.62. The lowest BCUT2D eigenvalue weighted by Gasteiger charge is -2.45. The molecule has 2 atom stereocenters. The molecular formula is C27H20N2O3S. The van der Waals surface area contributed by atoms with Crippen molar-refractivity contribution in [2.45, 2.75) is 18.8 Å². The van der Waals surface area contributed by atoms with E-state index in [1.807, 2.05) is 49.4 Å². The monoisotopic (exact) mass is 452 g/mol. The zero-order valence-corrected chi connectivity index (χ0v) is 18.7. The van der Waals surface area contributed by atoms with Crippen LogP contribution in [0.25, 0.3) is 10.2 Å². The Bertz CT molecular complexity index is 1360. The van der Waals surface area contributed by atoms with Crippen molar-refractivity contribution in [2.24, 2.45) is 11.8 Å². The van der Waals surface area contributed by atoms with Gasteiger partial charge in [0.05, 0.1) is 28.7 Å². The molecule has 0 radical (unpaired) electrons. The van der Waals surface area contributed by atoms with Crippen LogP contribution in [0.1, 0.15) is 41.0 Å². The summed E-state index contributed by atoms with van der Waals surface area (Å²) in [5.74, 6) is -0.491. The average Bonchev–Trinajstić information content (AvgIpc) is 3.37. The number of imide groups is 1. The van der Waals surface area contributed by atoms with E-state index in [0.717, 1.165) is 16.0 Å². The van der Waals surface area contributed by atoms with Gasteiger partial charge in [0.1, 0.15) is 5.75 Å². The second-order valence-electron chi connectivity index (χ2n) is 8.84. The normalized spacial score (nSPS) is 24.7. The summed E-state index contributed by atoms with van der Waals surface area (Å²) >= 11 is 1.37. The minimum atomic E-state index is -0.390. The molecular weight excluding hydrogens is 432 g/mol. The summed E-state index contributed by atoms with van der Waals surface area (Å²) in [5, 5.41) is 0.454. The minimum Gasteiger partial charge on any atom is -0.494 e. The Kier molecular flexibility index (Phi) is 3.89. The van der Waals surface area contributed by atoms with Crippen molar-refractivity contribution in [1.29, 1.82) is 0 Å². The summed E-state index contributed by atoms with van der Waals surface area (Å²) in [4.78, 5) is 33.7. The molecule has 2 heterocycles. The zero-order chi connectivity index (χ0) is 22.3. The number of thiazole rings is 1. The van der Waals surface area contributed by atoms with E-state index in [0.29, 0.717) is 11.7 Å². The lowest BCUT2D eigenvalue weighted by atomic mass is 9.55. The van der Waals surface area contributed by atoms with Crippen molar-refractivity contribution >= 4 is 38.5 Å². The lowest BCUT2D eigenvalue weighted by Crippen LogP contribution is -2.41. The van der Waals surface area contributed by atoms with Gasteiger partial charge < -0.3 is 4.74 Å². The molecule has 1 saturated heterocycles. The molecule has 2 bridgehead atoms. The number of carbonyl (C=O) groups is 2. The molecule has 4 aromatic rings. The van der Waals surface area contributed by atoms with Crippen molar-refractivity contribution in [2.75, 3.05) is 11.5 Å². The highest BCUT2D eigenvalue weighted by Crippen LogP contribution is 2.61. The zero-order valence-electron chi connectivity index (χ0n) is 17.9. The lowest BCUT2D eigenvalue weighted by molar-refractivity contribution is -0.122. The molecule has 0 N–H and O–H groups in total. The van der Waals surface area contributed by atoms with Crippen LogP contribution >= 0.6 is 11.3 Å². The predicted octanol–water partition coefficient (Wildman–Crippen LogP) is 5.09. The number of anilines is 1. The van der Waals surface area contributed by atoms with Gasteiger partial charge in [-0.15, -0.1) is 0 Å². The fraction of sp³-hybridized carbons (Fsp3) is 0.222. The van der Waals surface area contributed by atoms with E-state index in [1.54, 1.807) is 0 Å². The van der Waals surface area contributed by atoms with Crippen molar-refractivity contribution in [3.8, 4) is 5.75 Å². The van der Waals surface area contributed by atoms with Crippen molar-refractivity contribution in [1.82, 2.24) is 4.98 Å². The van der Waals surface area contributed by atoms with Gasteiger partial charge in [-0.2, -0.15) is 0 Å². The number of aromatic nitrogens is 1. The third kappa shape index (κ3) is 2.44. The molecule has 1 aromatic heterocycles. The van der Waals surface area contributed by atoms with Gasteiger partial charge in [0, 0.05) is 11.8 Å². The molecule has 0 unspecified atom stereocenters. The number of nitrogens with zero attached hydrogens (tertiary/aromatic N) is 2. The van der Waals surface area contributed by atoms with Crippen molar-refractivity contribution in [3.63, 3.8) is 0 Å². The number of hydrogen-bond donors (Lipinski definition) is 0. The fourth-order valence-electron chi connectivity index (χ4n) is 6.11. The van der Waals surface area contributed by atoms with Crippen molar-refractivity contribution in [3.05, 3.63) is 89.0 Å². The van der Waals surface area contributed by atoms with Crippen LogP contribution in [0.15, 0.2) is 66.7 Å². The Balaban J connectivity index is 1.37. The van der Waals surface area contributed by atoms with Gasteiger partial charge in [0.2, 0.25) is 11.8 Å². The molecule has 162 valence electrons. The Morgan fingerprint density at radius 3 is 1.91 bits per heavy atom. The first-order valence-electron chi connectivity index (χ1n) is 11.3. The van der Waals surface area contributed by atoms with E-state index in [1.165, 1.54) is 38.5 Å². The topological polar surface area (TPSA) is 59.5 Å². The number of hydrogen-bond acceptors (Lipinski definition) is 5. The largest absolute Gasteiger partial charge is 0.494 e. The molecule has 33 heavy (non-hydrogen) atoms. The maximum atomic E-state index is 13.9. The first-order valence-corrected chi connectivity index (χ1v) is 12.1. The number of carbonyl (C=O) groups excluding carboxylic acids is 2. The number of ether oxygens (including phenoxy) is 1.